The lowest BCUT2D eigenvalue weighted by atomic mass is 10.1. The van der Waals surface area contributed by atoms with Crippen LogP contribution in [0.1, 0.15) is 10.4 Å². The summed E-state index contributed by atoms with van der Waals surface area (Å²) in [4.78, 5) is 46.4. The molecule has 0 unspecified atom stereocenters. The van der Waals surface area contributed by atoms with Gasteiger partial charge in [-0.25, -0.2) is 14.6 Å². The second kappa shape index (κ2) is 5.48. The maximum absolute atomic E-state index is 12.1. The number of aryl methyl sites for hydroxylation is 1. The standard InChI is InChI=1S/C15H12N4O4/c1-19-12-11(13(20)18-15(19)22)9(14(21)23-2)6-10(17-12)8-4-3-5-16-7-8/h3-7H,1-2H3,(H,18,20,22). The predicted molar refractivity (Wildman–Crippen MR) is 82.2 cm³/mol. The fourth-order valence-electron chi connectivity index (χ4n) is 2.27. The Morgan fingerprint density at radius 3 is 2.78 bits per heavy atom. The Hall–Kier alpha value is -3.29. The summed E-state index contributed by atoms with van der Waals surface area (Å²) in [5.74, 6) is -0.688. The summed E-state index contributed by atoms with van der Waals surface area (Å²) in [6, 6.07) is 4.92. The summed E-state index contributed by atoms with van der Waals surface area (Å²) in [5.41, 5.74) is -0.115. The van der Waals surface area contributed by atoms with Gasteiger partial charge in [0.25, 0.3) is 5.56 Å². The number of hydrogen-bond acceptors (Lipinski definition) is 6. The molecule has 23 heavy (non-hydrogen) atoms. The normalized spacial score (nSPS) is 10.7. The summed E-state index contributed by atoms with van der Waals surface area (Å²) < 4.78 is 5.91. The third kappa shape index (κ3) is 2.39. The Morgan fingerprint density at radius 1 is 1.35 bits per heavy atom. The van der Waals surface area contributed by atoms with E-state index in [-0.39, 0.29) is 16.6 Å². The number of aromatic nitrogens is 4. The molecule has 1 N–H and O–H groups in total. The molecule has 116 valence electrons. The van der Waals surface area contributed by atoms with Crippen LogP contribution in [0.2, 0.25) is 0 Å². The number of pyridine rings is 2. The van der Waals surface area contributed by atoms with E-state index in [1.165, 1.54) is 24.8 Å². The van der Waals surface area contributed by atoms with E-state index in [2.05, 4.69) is 15.0 Å². The minimum absolute atomic E-state index is 0.00610. The highest BCUT2D eigenvalue weighted by Crippen LogP contribution is 2.22. The quantitative estimate of drug-likeness (QED) is 0.689. The summed E-state index contributed by atoms with van der Waals surface area (Å²) in [7, 11) is 2.68. The highest BCUT2D eigenvalue weighted by atomic mass is 16.5. The van der Waals surface area contributed by atoms with Crippen molar-refractivity contribution in [2.45, 2.75) is 0 Å². The number of nitrogens with one attached hydrogen (secondary N) is 1. The Morgan fingerprint density at radius 2 is 2.13 bits per heavy atom. The van der Waals surface area contributed by atoms with Gasteiger partial charge in [0.1, 0.15) is 0 Å². The lowest BCUT2D eigenvalue weighted by Gasteiger charge is -2.09. The third-order valence-corrected chi connectivity index (χ3v) is 3.43. The van der Waals surface area contributed by atoms with Gasteiger partial charge in [-0.1, -0.05) is 0 Å². The fourth-order valence-corrected chi connectivity index (χ4v) is 2.27. The van der Waals surface area contributed by atoms with Gasteiger partial charge in [-0.05, 0) is 18.2 Å². The van der Waals surface area contributed by atoms with Crippen molar-refractivity contribution in [3.8, 4) is 11.3 Å². The van der Waals surface area contributed by atoms with Gasteiger partial charge in [0.2, 0.25) is 0 Å². The maximum Gasteiger partial charge on any atom is 0.338 e. The molecule has 0 spiro atoms. The molecule has 0 saturated heterocycles. The Bertz CT molecular complexity index is 1020. The monoisotopic (exact) mass is 312 g/mol. The molecule has 3 aromatic heterocycles. The third-order valence-electron chi connectivity index (χ3n) is 3.43. The van der Waals surface area contributed by atoms with E-state index >= 15 is 0 Å². The van der Waals surface area contributed by atoms with Crippen LogP contribution in [-0.4, -0.2) is 32.6 Å². The summed E-state index contributed by atoms with van der Waals surface area (Å²) in [6.07, 6.45) is 3.17. The molecule has 0 radical (unpaired) electrons. The number of nitrogens with zero attached hydrogens (tertiary/aromatic N) is 3. The second-order valence-electron chi connectivity index (χ2n) is 4.81. The zero-order valence-electron chi connectivity index (χ0n) is 12.4. The van der Waals surface area contributed by atoms with Crippen LogP contribution in [0.15, 0.2) is 40.2 Å². The zero-order chi connectivity index (χ0) is 16.6. The molecule has 0 atom stereocenters. The number of fused-ring (bicyclic) bond motifs is 1. The molecule has 0 aliphatic heterocycles. The summed E-state index contributed by atoms with van der Waals surface area (Å²) in [6.45, 7) is 0. The van der Waals surface area contributed by atoms with Crippen molar-refractivity contribution < 1.29 is 9.53 Å². The number of carbonyl (C=O) groups is 1. The van der Waals surface area contributed by atoms with Gasteiger partial charge in [-0.15, -0.1) is 0 Å². The van der Waals surface area contributed by atoms with Crippen LogP contribution >= 0.6 is 0 Å². The first-order chi connectivity index (χ1) is 11.0. The van der Waals surface area contributed by atoms with E-state index < -0.39 is 17.2 Å². The largest absolute Gasteiger partial charge is 0.465 e. The molecule has 0 saturated carbocycles. The van der Waals surface area contributed by atoms with Gasteiger partial charge >= 0.3 is 11.7 Å². The predicted octanol–water partition coefficient (Wildman–Crippen LogP) is 0.470. The number of methoxy groups -OCH3 is 1. The molecule has 3 heterocycles. The van der Waals surface area contributed by atoms with Gasteiger partial charge < -0.3 is 4.74 Å². The number of aromatic amines is 1. The Balaban J connectivity index is 2.47. The number of H-pyrrole nitrogens is 1. The van der Waals surface area contributed by atoms with Gasteiger partial charge in [0, 0.05) is 25.0 Å². The Kier molecular flexibility index (Phi) is 3.49. The molecule has 3 aromatic rings. The minimum Gasteiger partial charge on any atom is -0.465 e. The maximum atomic E-state index is 12.1. The van der Waals surface area contributed by atoms with Gasteiger partial charge in [0.05, 0.1) is 23.8 Å². The molecule has 0 aliphatic carbocycles. The van der Waals surface area contributed by atoms with Crippen LogP contribution in [0.25, 0.3) is 22.3 Å². The minimum atomic E-state index is -0.688. The number of carbonyl (C=O) groups excluding carboxylic acids is 1. The van der Waals surface area contributed by atoms with E-state index in [1.807, 2.05) is 0 Å². The number of rotatable bonds is 2. The first-order valence-corrected chi connectivity index (χ1v) is 6.65. The molecule has 3 rings (SSSR count). The fraction of sp³-hybridized carbons (Fsp3) is 0.133. The van der Waals surface area contributed by atoms with Crippen molar-refractivity contribution in [2.24, 2.45) is 7.05 Å². The van der Waals surface area contributed by atoms with Crippen molar-refractivity contribution in [1.29, 1.82) is 0 Å². The molecule has 0 fully saturated rings. The van der Waals surface area contributed by atoms with Crippen molar-refractivity contribution in [3.63, 3.8) is 0 Å². The average Bonchev–Trinajstić information content (AvgIpc) is 2.58. The first kappa shape index (κ1) is 14.6. The molecule has 0 bridgehead atoms. The average molecular weight is 312 g/mol. The van der Waals surface area contributed by atoms with E-state index in [0.717, 1.165) is 0 Å². The van der Waals surface area contributed by atoms with Crippen molar-refractivity contribution in [2.75, 3.05) is 7.11 Å². The van der Waals surface area contributed by atoms with Crippen LogP contribution in [0.4, 0.5) is 0 Å². The van der Waals surface area contributed by atoms with Gasteiger partial charge in [-0.3, -0.25) is 19.3 Å². The highest BCUT2D eigenvalue weighted by molar-refractivity contribution is 6.03. The summed E-state index contributed by atoms with van der Waals surface area (Å²) in [5, 5.41) is 0.00610. The number of esters is 1. The molecular formula is C15H12N4O4. The second-order valence-corrected chi connectivity index (χ2v) is 4.81. The van der Waals surface area contributed by atoms with Crippen LogP contribution in [0.5, 0.6) is 0 Å². The van der Waals surface area contributed by atoms with E-state index in [4.69, 9.17) is 4.74 Å². The van der Waals surface area contributed by atoms with Crippen molar-refractivity contribution >= 4 is 17.0 Å². The molecule has 0 aromatic carbocycles. The molecule has 0 amide bonds. The lowest BCUT2D eigenvalue weighted by Crippen LogP contribution is -2.30. The smallest absolute Gasteiger partial charge is 0.338 e. The van der Waals surface area contributed by atoms with Gasteiger partial charge in [0.15, 0.2) is 5.65 Å². The van der Waals surface area contributed by atoms with Crippen molar-refractivity contribution in [3.05, 3.63) is 57.0 Å². The summed E-state index contributed by atoms with van der Waals surface area (Å²) >= 11 is 0. The number of ether oxygens (including phenoxy) is 1. The SMILES string of the molecule is COC(=O)c1cc(-c2cccnc2)nc2c1c(=O)[nH]c(=O)n2C. The Labute approximate surface area is 129 Å². The molecular weight excluding hydrogens is 300 g/mol. The topological polar surface area (TPSA) is 107 Å². The highest BCUT2D eigenvalue weighted by Gasteiger charge is 2.19. The van der Waals surface area contributed by atoms with Crippen LogP contribution < -0.4 is 11.2 Å². The molecule has 8 nitrogen and oxygen atoms in total. The first-order valence-electron chi connectivity index (χ1n) is 6.65. The zero-order valence-corrected chi connectivity index (χ0v) is 12.4. The van der Waals surface area contributed by atoms with Gasteiger partial charge in [-0.2, -0.15) is 0 Å². The van der Waals surface area contributed by atoms with E-state index in [1.54, 1.807) is 24.5 Å². The van der Waals surface area contributed by atoms with E-state index in [9.17, 15) is 14.4 Å². The van der Waals surface area contributed by atoms with Crippen molar-refractivity contribution in [1.82, 2.24) is 19.5 Å². The molecule has 8 heteroatoms. The van der Waals surface area contributed by atoms with Crippen LogP contribution in [-0.2, 0) is 11.8 Å². The van der Waals surface area contributed by atoms with Crippen LogP contribution in [0.3, 0.4) is 0 Å². The molecule has 0 aliphatic rings. The lowest BCUT2D eigenvalue weighted by molar-refractivity contribution is 0.0603. The number of hydrogen-bond donors (Lipinski definition) is 1. The van der Waals surface area contributed by atoms with E-state index in [0.29, 0.717) is 11.3 Å². The van der Waals surface area contributed by atoms with Crippen LogP contribution in [0, 0.1) is 0 Å².